The van der Waals surface area contributed by atoms with Gasteiger partial charge < -0.3 is 10.5 Å². The van der Waals surface area contributed by atoms with Gasteiger partial charge in [-0.25, -0.2) is 0 Å². The molecule has 0 saturated heterocycles. The van der Waals surface area contributed by atoms with Crippen molar-refractivity contribution in [3.8, 4) is 0 Å². The topological polar surface area (TPSA) is 29.3 Å². The third-order valence-corrected chi connectivity index (χ3v) is 1.37. The molecule has 46 valence electrons. The molecule has 2 radical (unpaired) electrons. The normalized spacial score (nSPS) is 14.5. The molecule has 0 aliphatic carbocycles. The number of nitrogens with zero attached hydrogens (tertiary/aromatic N) is 1. The van der Waals surface area contributed by atoms with Crippen molar-refractivity contribution in [3.05, 3.63) is 0 Å². The van der Waals surface area contributed by atoms with Crippen molar-refractivity contribution < 1.29 is 0 Å². The van der Waals surface area contributed by atoms with Crippen LogP contribution < -0.4 is 5.73 Å². The lowest BCUT2D eigenvalue weighted by Gasteiger charge is -2.21. The molecule has 0 aliphatic rings. The highest BCUT2D eigenvalue weighted by Crippen LogP contribution is 1.94. The molecule has 1 unspecified atom stereocenters. The van der Waals surface area contributed by atoms with Gasteiger partial charge in [0.2, 0.25) is 0 Å². The fourth-order valence-corrected chi connectivity index (χ4v) is 0.414. The van der Waals surface area contributed by atoms with E-state index in [2.05, 4.69) is 6.92 Å². The predicted octanol–water partition coefficient (Wildman–Crippen LogP) is 0.0866. The summed E-state index contributed by atoms with van der Waals surface area (Å²) in [5, 5.41) is 0. The van der Waals surface area contributed by atoms with Crippen LogP contribution in [0.5, 0.6) is 0 Å². The monoisotopic (exact) mass is 112 g/mol. The molecule has 8 heavy (non-hydrogen) atoms. The molecule has 0 saturated carbocycles. The number of nitrogens with two attached hydrogens (primary N) is 1. The first kappa shape index (κ1) is 7.98. The molecule has 0 rings (SSSR count). The van der Waals surface area contributed by atoms with E-state index in [1.807, 2.05) is 6.92 Å². The SMILES string of the molecule is [B]N(CN)C(C)CC. The second-order valence-corrected chi connectivity index (χ2v) is 1.95. The van der Waals surface area contributed by atoms with Gasteiger partial charge in [-0.1, -0.05) is 13.8 Å². The van der Waals surface area contributed by atoms with E-state index < -0.39 is 0 Å². The fourth-order valence-electron chi connectivity index (χ4n) is 0.414. The molecule has 0 heterocycles. The van der Waals surface area contributed by atoms with Crippen LogP contribution in [-0.2, 0) is 0 Å². The van der Waals surface area contributed by atoms with E-state index in [9.17, 15) is 0 Å². The summed E-state index contributed by atoms with van der Waals surface area (Å²) >= 11 is 0. The van der Waals surface area contributed by atoms with Gasteiger partial charge >= 0.3 is 0 Å². The summed E-state index contributed by atoms with van der Waals surface area (Å²) in [6, 6.07) is 0.403. The van der Waals surface area contributed by atoms with Gasteiger partial charge in [0.25, 0.3) is 0 Å². The van der Waals surface area contributed by atoms with Gasteiger partial charge in [-0.15, -0.1) is 0 Å². The molecule has 0 aromatic heterocycles. The van der Waals surface area contributed by atoms with E-state index in [0.717, 1.165) is 6.42 Å². The molecule has 0 aromatic rings. The smallest absolute Gasteiger partial charge is 0.184 e. The van der Waals surface area contributed by atoms with Gasteiger partial charge in [-0.2, -0.15) is 0 Å². The maximum atomic E-state index is 5.44. The zero-order valence-corrected chi connectivity index (χ0v) is 5.59. The summed E-state index contributed by atoms with van der Waals surface area (Å²) < 4.78 is 0. The van der Waals surface area contributed by atoms with Gasteiger partial charge in [0.15, 0.2) is 7.98 Å². The van der Waals surface area contributed by atoms with E-state index in [1.54, 1.807) is 4.81 Å². The lowest BCUT2D eigenvalue weighted by molar-refractivity contribution is 0.358. The van der Waals surface area contributed by atoms with Crippen molar-refractivity contribution in [2.24, 2.45) is 5.73 Å². The summed E-state index contributed by atoms with van der Waals surface area (Å²) in [6.07, 6.45) is 1.05. The van der Waals surface area contributed by atoms with E-state index in [-0.39, 0.29) is 0 Å². The van der Waals surface area contributed by atoms with Crippen LogP contribution in [0, 0.1) is 0 Å². The fraction of sp³-hybridized carbons (Fsp3) is 1.00. The quantitative estimate of drug-likeness (QED) is 0.414. The average molecular weight is 112 g/mol. The van der Waals surface area contributed by atoms with Gasteiger partial charge in [0, 0.05) is 6.67 Å². The van der Waals surface area contributed by atoms with E-state index in [0.29, 0.717) is 12.7 Å². The van der Waals surface area contributed by atoms with Crippen LogP contribution in [0.15, 0.2) is 0 Å². The molecular weight excluding hydrogens is 98.9 g/mol. The van der Waals surface area contributed by atoms with Crippen molar-refractivity contribution in [2.45, 2.75) is 26.3 Å². The summed E-state index contributed by atoms with van der Waals surface area (Å²) in [4.78, 5) is 1.62. The minimum Gasteiger partial charge on any atom is -0.340 e. The Labute approximate surface area is 52.5 Å². The first-order valence-corrected chi connectivity index (χ1v) is 2.93. The van der Waals surface area contributed by atoms with Gasteiger partial charge in [0.05, 0.1) is 0 Å². The van der Waals surface area contributed by atoms with E-state index >= 15 is 0 Å². The van der Waals surface area contributed by atoms with E-state index in [4.69, 9.17) is 13.7 Å². The summed E-state index contributed by atoms with van der Waals surface area (Å²) in [7, 11) is 5.44. The van der Waals surface area contributed by atoms with Crippen LogP contribution in [0.4, 0.5) is 0 Å². The first-order valence-electron chi connectivity index (χ1n) is 2.93. The largest absolute Gasteiger partial charge is 0.340 e. The summed E-state index contributed by atoms with van der Waals surface area (Å²) in [5.41, 5.74) is 5.25. The maximum Gasteiger partial charge on any atom is 0.184 e. The molecular formula is C5H13BN2. The Bertz CT molecular complexity index is 50.4. The minimum absolute atomic E-state index is 0.403. The van der Waals surface area contributed by atoms with Gasteiger partial charge in [0.1, 0.15) is 0 Å². The molecule has 0 fully saturated rings. The van der Waals surface area contributed by atoms with Gasteiger partial charge in [-0.3, -0.25) is 0 Å². The Balaban J connectivity index is 3.29. The number of hydrogen-bond acceptors (Lipinski definition) is 2. The van der Waals surface area contributed by atoms with Crippen LogP contribution >= 0.6 is 0 Å². The van der Waals surface area contributed by atoms with Crippen LogP contribution in [0.1, 0.15) is 20.3 Å². The lowest BCUT2D eigenvalue weighted by Crippen LogP contribution is -2.34. The van der Waals surface area contributed by atoms with Crippen molar-refractivity contribution in [1.82, 2.24) is 4.81 Å². The Hall–Kier alpha value is -0.0151. The molecule has 1 atom stereocenters. The Morgan fingerprint density at radius 3 is 2.38 bits per heavy atom. The van der Waals surface area contributed by atoms with E-state index in [1.165, 1.54) is 0 Å². The zero-order valence-electron chi connectivity index (χ0n) is 5.59. The molecule has 2 N–H and O–H groups in total. The molecule has 0 spiro atoms. The summed E-state index contributed by atoms with van der Waals surface area (Å²) in [6.45, 7) is 4.57. The Morgan fingerprint density at radius 1 is 1.75 bits per heavy atom. The Kier molecular flexibility index (Phi) is 3.92. The molecule has 0 aliphatic heterocycles. The van der Waals surface area contributed by atoms with Crippen LogP contribution in [0.3, 0.4) is 0 Å². The Morgan fingerprint density at radius 2 is 2.25 bits per heavy atom. The molecule has 0 bridgehead atoms. The average Bonchev–Trinajstić information content (AvgIpc) is 1.84. The summed E-state index contributed by atoms with van der Waals surface area (Å²) in [5.74, 6) is 0. The number of rotatable bonds is 3. The lowest BCUT2D eigenvalue weighted by atomic mass is 10.1. The zero-order chi connectivity index (χ0) is 6.57. The highest BCUT2D eigenvalue weighted by molar-refractivity contribution is 6.04. The maximum absolute atomic E-state index is 5.44. The predicted molar refractivity (Wildman–Crippen MR) is 36.4 cm³/mol. The van der Waals surface area contributed by atoms with Crippen LogP contribution in [0.2, 0.25) is 0 Å². The van der Waals surface area contributed by atoms with Crippen LogP contribution in [0.25, 0.3) is 0 Å². The van der Waals surface area contributed by atoms with Gasteiger partial charge in [-0.05, 0) is 12.5 Å². The molecule has 0 aromatic carbocycles. The van der Waals surface area contributed by atoms with Crippen molar-refractivity contribution in [2.75, 3.05) is 6.67 Å². The third kappa shape index (κ3) is 2.33. The van der Waals surface area contributed by atoms with Crippen LogP contribution in [-0.4, -0.2) is 25.5 Å². The van der Waals surface area contributed by atoms with Crippen molar-refractivity contribution in [1.29, 1.82) is 0 Å². The molecule has 2 nitrogen and oxygen atoms in total. The number of hydrogen-bond donors (Lipinski definition) is 1. The second-order valence-electron chi connectivity index (χ2n) is 1.95. The minimum atomic E-state index is 0.403. The second kappa shape index (κ2) is 3.92. The first-order chi connectivity index (χ1) is 3.72. The highest BCUT2D eigenvalue weighted by Gasteiger charge is 2.01. The third-order valence-electron chi connectivity index (χ3n) is 1.37. The molecule has 0 amide bonds. The molecule has 3 heteroatoms. The highest BCUT2D eigenvalue weighted by atomic mass is 15.1. The van der Waals surface area contributed by atoms with Crippen molar-refractivity contribution in [3.63, 3.8) is 0 Å². The van der Waals surface area contributed by atoms with Crippen molar-refractivity contribution >= 4 is 7.98 Å². The standard InChI is InChI=1S/C5H13BN2/c1-3-5(2)8(6)4-7/h5H,3-4,7H2,1-2H3.